The van der Waals surface area contributed by atoms with Crippen LogP contribution in [0.4, 0.5) is 11.4 Å². The molecule has 0 fully saturated rings. The molecule has 0 bridgehead atoms. The molecule has 0 amide bonds. The van der Waals surface area contributed by atoms with E-state index in [1.807, 2.05) is 0 Å². The van der Waals surface area contributed by atoms with Crippen LogP contribution in [0.5, 0.6) is 23.0 Å². The van der Waals surface area contributed by atoms with Crippen LogP contribution in [-0.2, 0) is 10.1 Å². The van der Waals surface area contributed by atoms with Crippen molar-refractivity contribution in [1.82, 2.24) is 0 Å². The SMILES string of the molecule is O=C(O)c1cc(S(=O)(=O)O)cc(N=Nc2ccc(O)c(O)c2O)c1O. The molecule has 0 atom stereocenters. The molecule has 25 heavy (non-hydrogen) atoms. The molecular weight excluding hydrogens is 360 g/mol. The van der Waals surface area contributed by atoms with Gasteiger partial charge in [0.15, 0.2) is 17.2 Å². The number of aromatic hydroxyl groups is 4. The summed E-state index contributed by atoms with van der Waals surface area (Å²) in [6.07, 6.45) is 0. The number of carboxylic acids is 1. The average molecular weight is 370 g/mol. The molecule has 0 aromatic heterocycles. The van der Waals surface area contributed by atoms with Crippen LogP contribution < -0.4 is 0 Å². The number of carbonyl (C=O) groups is 1. The molecule has 0 aliphatic rings. The molecule has 0 aliphatic carbocycles. The van der Waals surface area contributed by atoms with E-state index in [1.54, 1.807) is 0 Å². The Morgan fingerprint density at radius 2 is 1.48 bits per heavy atom. The van der Waals surface area contributed by atoms with E-state index < -0.39 is 55.2 Å². The van der Waals surface area contributed by atoms with E-state index in [4.69, 9.17) is 9.66 Å². The first-order chi connectivity index (χ1) is 11.5. The largest absolute Gasteiger partial charge is 0.505 e. The molecular formula is C13H10N2O9S. The van der Waals surface area contributed by atoms with Gasteiger partial charge in [-0.15, -0.1) is 10.2 Å². The Bertz CT molecular complexity index is 999. The molecule has 2 aromatic carbocycles. The Balaban J connectivity index is 2.61. The Kier molecular flexibility index (Phi) is 4.50. The molecule has 0 saturated heterocycles. The Morgan fingerprint density at radius 3 is 2.04 bits per heavy atom. The summed E-state index contributed by atoms with van der Waals surface area (Å²) in [6, 6.07) is 3.18. The van der Waals surface area contributed by atoms with E-state index in [9.17, 15) is 33.6 Å². The van der Waals surface area contributed by atoms with Crippen molar-refractivity contribution in [2.24, 2.45) is 10.2 Å². The first-order valence-electron chi connectivity index (χ1n) is 6.25. The average Bonchev–Trinajstić information content (AvgIpc) is 2.51. The standard InChI is InChI=1S/C13H10N2O9S/c16-9-2-1-7(11(18)12(9)19)14-15-8-4-5(25(22,23)24)3-6(10(8)17)13(20)21/h1-4,16-19H,(H,20,21)(H,22,23,24). The molecule has 0 heterocycles. The first-order valence-corrected chi connectivity index (χ1v) is 7.69. The van der Waals surface area contributed by atoms with Gasteiger partial charge in [0.1, 0.15) is 16.9 Å². The minimum absolute atomic E-state index is 0.371. The van der Waals surface area contributed by atoms with Gasteiger partial charge in [0.05, 0.1) is 4.90 Å². The summed E-state index contributed by atoms with van der Waals surface area (Å²) in [6.45, 7) is 0. The highest BCUT2D eigenvalue weighted by atomic mass is 32.2. The highest BCUT2D eigenvalue weighted by Crippen LogP contribution is 2.43. The predicted molar refractivity (Wildman–Crippen MR) is 80.5 cm³/mol. The number of aromatic carboxylic acids is 1. The van der Waals surface area contributed by atoms with Crippen LogP contribution in [0.2, 0.25) is 0 Å². The Labute approximate surface area is 139 Å². The number of azo groups is 1. The van der Waals surface area contributed by atoms with Crippen LogP contribution in [0, 0.1) is 0 Å². The van der Waals surface area contributed by atoms with Gasteiger partial charge in [0.25, 0.3) is 10.1 Å². The maximum absolute atomic E-state index is 11.2. The first kappa shape index (κ1) is 18.0. The summed E-state index contributed by atoms with van der Waals surface area (Å²) in [5, 5.41) is 53.8. The van der Waals surface area contributed by atoms with E-state index in [2.05, 4.69) is 10.2 Å². The van der Waals surface area contributed by atoms with Crippen molar-refractivity contribution in [3.63, 3.8) is 0 Å². The normalized spacial score (nSPS) is 11.7. The molecule has 0 radical (unpaired) electrons. The maximum atomic E-state index is 11.2. The second-order valence-electron chi connectivity index (χ2n) is 4.62. The molecule has 0 aliphatic heterocycles. The van der Waals surface area contributed by atoms with Crippen molar-refractivity contribution in [3.8, 4) is 23.0 Å². The molecule has 0 saturated carbocycles. The molecule has 2 rings (SSSR count). The molecule has 0 unspecified atom stereocenters. The van der Waals surface area contributed by atoms with Crippen molar-refractivity contribution in [2.45, 2.75) is 4.90 Å². The van der Waals surface area contributed by atoms with Gasteiger partial charge >= 0.3 is 5.97 Å². The monoisotopic (exact) mass is 370 g/mol. The van der Waals surface area contributed by atoms with Gasteiger partial charge in [-0.3, -0.25) is 4.55 Å². The number of nitrogens with zero attached hydrogens (tertiary/aromatic N) is 2. The van der Waals surface area contributed by atoms with E-state index in [0.717, 1.165) is 12.1 Å². The zero-order chi connectivity index (χ0) is 18.9. The van der Waals surface area contributed by atoms with Crippen molar-refractivity contribution >= 4 is 27.5 Å². The number of phenolic OH excluding ortho intramolecular Hbond substituents is 3. The number of phenols is 4. The quantitative estimate of drug-likeness (QED) is 0.264. The van der Waals surface area contributed by atoms with Crippen molar-refractivity contribution < 1.29 is 43.3 Å². The minimum atomic E-state index is -4.80. The third-order valence-electron chi connectivity index (χ3n) is 2.97. The lowest BCUT2D eigenvalue weighted by atomic mass is 10.2. The number of benzene rings is 2. The summed E-state index contributed by atoms with van der Waals surface area (Å²) in [7, 11) is -4.80. The van der Waals surface area contributed by atoms with Crippen LogP contribution in [-0.4, -0.2) is 44.5 Å². The maximum Gasteiger partial charge on any atom is 0.339 e. The fourth-order valence-corrected chi connectivity index (χ4v) is 2.26. The lowest BCUT2D eigenvalue weighted by Crippen LogP contribution is -2.03. The number of rotatable bonds is 4. The third kappa shape index (κ3) is 3.59. The number of hydrogen-bond donors (Lipinski definition) is 6. The van der Waals surface area contributed by atoms with E-state index in [-0.39, 0.29) is 5.69 Å². The lowest BCUT2D eigenvalue weighted by molar-refractivity contribution is 0.0693. The van der Waals surface area contributed by atoms with E-state index in [1.165, 1.54) is 0 Å². The fourth-order valence-electron chi connectivity index (χ4n) is 1.73. The number of carboxylic acid groups (broad SMARTS) is 1. The summed E-state index contributed by atoms with van der Waals surface area (Å²) >= 11 is 0. The molecule has 2 aromatic rings. The fraction of sp³-hybridized carbons (Fsp3) is 0. The van der Waals surface area contributed by atoms with Crippen LogP contribution >= 0.6 is 0 Å². The van der Waals surface area contributed by atoms with Crippen LogP contribution in [0.25, 0.3) is 0 Å². The van der Waals surface area contributed by atoms with E-state index >= 15 is 0 Å². The van der Waals surface area contributed by atoms with Crippen LogP contribution in [0.15, 0.2) is 39.4 Å². The summed E-state index contributed by atoms with van der Waals surface area (Å²) < 4.78 is 31.4. The molecule has 132 valence electrons. The van der Waals surface area contributed by atoms with Gasteiger partial charge in [0, 0.05) is 0 Å². The van der Waals surface area contributed by atoms with Crippen molar-refractivity contribution in [1.29, 1.82) is 0 Å². The predicted octanol–water partition coefficient (Wildman–Crippen LogP) is 1.87. The molecule has 0 spiro atoms. The minimum Gasteiger partial charge on any atom is -0.505 e. The summed E-state index contributed by atoms with van der Waals surface area (Å²) in [5.41, 5.74) is -1.87. The van der Waals surface area contributed by atoms with Gasteiger partial charge in [-0.2, -0.15) is 8.42 Å². The van der Waals surface area contributed by atoms with Crippen LogP contribution in [0.3, 0.4) is 0 Å². The molecule has 12 heteroatoms. The third-order valence-corrected chi connectivity index (χ3v) is 3.80. The van der Waals surface area contributed by atoms with Gasteiger partial charge in [-0.05, 0) is 24.3 Å². The summed E-state index contributed by atoms with van der Waals surface area (Å²) in [5.74, 6) is -5.01. The van der Waals surface area contributed by atoms with Gasteiger partial charge in [0.2, 0.25) is 5.75 Å². The topological polar surface area (TPSA) is 197 Å². The molecule has 11 nitrogen and oxygen atoms in total. The highest BCUT2D eigenvalue weighted by molar-refractivity contribution is 7.85. The second-order valence-corrected chi connectivity index (χ2v) is 6.04. The van der Waals surface area contributed by atoms with E-state index in [0.29, 0.717) is 12.1 Å². The highest BCUT2D eigenvalue weighted by Gasteiger charge is 2.21. The van der Waals surface area contributed by atoms with Gasteiger partial charge < -0.3 is 25.5 Å². The lowest BCUT2D eigenvalue weighted by Gasteiger charge is -2.06. The smallest absolute Gasteiger partial charge is 0.339 e. The van der Waals surface area contributed by atoms with Crippen molar-refractivity contribution in [3.05, 3.63) is 29.8 Å². The Hall–Kier alpha value is -3.38. The molecule has 6 N–H and O–H groups in total. The van der Waals surface area contributed by atoms with Crippen molar-refractivity contribution in [2.75, 3.05) is 0 Å². The zero-order valence-electron chi connectivity index (χ0n) is 12.0. The van der Waals surface area contributed by atoms with Gasteiger partial charge in [-0.1, -0.05) is 0 Å². The second kappa shape index (κ2) is 6.26. The van der Waals surface area contributed by atoms with Gasteiger partial charge in [-0.25, -0.2) is 4.79 Å². The zero-order valence-corrected chi connectivity index (χ0v) is 12.8. The number of hydrogen-bond acceptors (Lipinski definition) is 9. The van der Waals surface area contributed by atoms with Crippen LogP contribution in [0.1, 0.15) is 10.4 Å². The Morgan fingerprint density at radius 1 is 0.880 bits per heavy atom. The summed E-state index contributed by atoms with van der Waals surface area (Å²) in [4.78, 5) is 10.2.